The third-order valence-corrected chi connectivity index (χ3v) is 4.18. The van der Waals surface area contributed by atoms with Crippen LogP contribution in [0.1, 0.15) is 53.6 Å². The van der Waals surface area contributed by atoms with Crippen LogP contribution in [-0.4, -0.2) is 18.9 Å². The number of ether oxygens (including phenoxy) is 1. The lowest BCUT2D eigenvalue weighted by molar-refractivity contribution is -0.120. The van der Waals surface area contributed by atoms with Gasteiger partial charge in [-0.15, -0.1) is 0 Å². The summed E-state index contributed by atoms with van der Waals surface area (Å²) < 4.78 is 4.72. The number of benzene rings is 2. The van der Waals surface area contributed by atoms with Crippen molar-refractivity contribution in [1.82, 2.24) is 0 Å². The summed E-state index contributed by atoms with van der Waals surface area (Å²) in [7, 11) is 1.37. The van der Waals surface area contributed by atoms with Gasteiger partial charge in [0.05, 0.1) is 12.7 Å². The van der Waals surface area contributed by atoms with Crippen LogP contribution in [0.3, 0.4) is 0 Å². The second kappa shape index (κ2) is 9.02. The van der Waals surface area contributed by atoms with Crippen molar-refractivity contribution in [2.75, 3.05) is 7.11 Å². The fourth-order valence-electron chi connectivity index (χ4n) is 2.76. The number of carbonyl (C=O) groups excluding carboxylic acids is 2. The Labute approximate surface area is 143 Å². The van der Waals surface area contributed by atoms with Gasteiger partial charge in [-0.2, -0.15) is 0 Å². The Morgan fingerprint density at radius 3 is 2.25 bits per heavy atom. The molecule has 1 atom stereocenters. The molecular formula is C21H24O3. The number of rotatable bonds is 8. The Hall–Kier alpha value is -2.42. The van der Waals surface area contributed by atoms with Gasteiger partial charge in [-0.05, 0) is 36.1 Å². The van der Waals surface area contributed by atoms with Crippen LogP contribution in [0, 0.1) is 0 Å². The fourth-order valence-corrected chi connectivity index (χ4v) is 2.76. The minimum absolute atomic E-state index is 0.137. The first-order chi connectivity index (χ1) is 11.7. The molecule has 24 heavy (non-hydrogen) atoms. The zero-order valence-electron chi connectivity index (χ0n) is 14.3. The van der Waals surface area contributed by atoms with Gasteiger partial charge in [0.25, 0.3) is 0 Å². The zero-order valence-corrected chi connectivity index (χ0v) is 14.3. The van der Waals surface area contributed by atoms with Crippen molar-refractivity contribution in [3.63, 3.8) is 0 Å². The molecule has 126 valence electrons. The smallest absolute Gasteiger partial charge is 0.337 e. The van der Waals surface area contributed by atoms with Crippen molar-refractivity contribution in [1.29, 1.82) is 0 Å². The van der Waals surface area contributed by atoms with Gasteiger partial charge in [-0.3, -0.25) is 4.79 Å². The van der Waals surface area contributed by atoms with Crippen molar-refractivity contribution in [3.8, 4) is 0 Å². The Balaban J connectivity index is 2.18. The van der Waals surface area contributed by atoms with Crippen LogP contribution < -0.4 is 0 Å². The molecule has 0 amide bonds. The van der Waals surface area contributed by atoms with E-state index in [0.29, 0.717) is 18.4 Å². The van der Waals surface area contributed by atoms with Gasteiger partial charge in [0.1, 0.15) is 5.78 Å². The van der Waals surface area contributed by atoms with Crippen LogP contribution in [0.5, 0.6) is 0 Å². The van der Waals surface area contributed by atoms with Crippen LogP contribution in [0.15, 0.2) is 54.6 Å². The van der Waals surface area contributed by atoms with Crippen molar-refractivity contribution < 1.29 is 14.3 Å². The van der Waals surface area contributed by atoms with Crippen molar-refractivity contribution in [2.45, 2.75) is 38.5 Å². The first kappa shape index (κ1) is 17.9. The normalized spacial score (nSPS) is 11.8. The molecule has 0 fully saturated rings. The molecule has 0 aromatic heterocycles. The summed E-state index contributed by atoms with van der Waals surface area (Å²) in [6.45, 7) is 2.09. The highest BCUT2D eigenvalue weighted by atomic mass is 16.5. The third kappa shape index (κ3) is 4.79. The molecule has 2 aromatic carbocycles. The number of Topliss-reactive ketones (excluding diaryl/α,β-unsaturated/α-hetero) is 1. The highest BCUT2D eigenvalue weighted by molar-refractivity contribution is 5.89. The molecule has 0 aliphatic rings. The van der Waals surface area contributed by atoms with Gasteiger partial charge in [0, 0.05) is 12.3 Å². The Morgan fingerprint density at radius 1 is 1.00 bits per heavy atom. The van der Waals surface area contributed by atoms with Crippen LogP contribution in [0.25, 0.3) is 0 Å². The van der Waals surface area contributed by atoms with Crippen molar-refractivity contribution in [2.24, 2.45) is 0 Å². The summed E-state index contributed by atoms with van der Waals surface area (Å²) in [5, 5.41) is 0. The molecule has 3 nitrogen and oxygen atoms in total. The lowest BCUT2D eigenvalue weighted by Gasteiger charge is -2.17. The molecule has 1 unspecified atom stereocenters. The van der Waals surface area contributed by atoms with E-state index in [0.717, 1.165) is 24.0 Å². The van der Waals surface area contributed by atoms with Gasteiger partial charge in [0.15, 0.2) is 0 Å². The summed E-state index contributed by atoms with van der Waals surface area (Å²) in [6.07, 6.45) is 3.19. The largest absolute Gasteiger partial charge is 0.465 e. The number of methoxy groups -OCH3 is 1. The minimum Gasteiger partial charge on any atom is -0.465 e. The summed E-state index contributed by atoms with van der Waals surface area (Å²) in [6, 6.07) is 17.2. The predicted molar refractivity (Wildman–Crippen MR) is 95.2 cm³/mol. The van der Waals surface area contributed by atoms with E-state index >= 15 is 0 Å². The second-order valence-electron chi connectivity index (χ2n) is 5.93. The van der Waals surface area contributed by atoms with E-state index in [9.17, 15) is 9.59 Å². The SMILES string of the molecule is CCCCC(=O)C(Cc1ccc(C(=O)OC)cc1)c1ccccc1. The van der Waals surface area contributed by atoms with Gasteiger partial charge < -0.3 is 4.74 Å². The molecule has 0 heterocycles. The van der Waals surface area contributed by atoms with E-state index in [-0.39, 0.29) is 17.7 Å². The molecule has 0 N–H and O–H groups in total. The lowest BCUT2D eigenvalue weighted by Crippen LogP contribution is -2.15. The van der Waals surface area contributed by atoms with Crippen LogP contribution in [0.4, 0.5) is 0 Å². The molecule has 0 saturated carbocycles. The third-order valence-electron chi connectivity index (χ3n) is 4.18. The van der Waals surface area contributed by atoms with E-state index < -0.39 is 0 Å². The summed E-state index contributed by atoms with van der Waals surface area (Å²) in [5.41, 5.74) is 2.62. The predicted octanol–water partition coefficient (Wildman–Crippen LogP) is 4.56. The van der Waals surface area contributed by atoms with E-state index in [2.05, 4.69) is 6.92 Å². The Morgan fingerprint density at radius 2 is 1.67 bits per heavy atom. The average Bonchev–Trinajstić information content (AvgIpc) is 2.64. The quantitative estimate of drug-likeness (QED) is 0.669. The highest BCUT2D eigenvalue weighted by Gasteiger charge is 2.20. The second-order valence-corrected chi connectivity index (χ2v) is 5.93. The molecule has 2 aromatic rings. The van der Waals surface area contributed by atoms with E-state index in [1.165, 1.54) is 7.11 Å². The molecule has 0 spiro atoms. The first-order valence-corrected chi connectivity index (χ1v) is 8.40. The maximum absolute atomic E-state index is 12.7. The summed E-state index contributed by atoms with van der Waals surface area (Å²) in [5.74, 6) is -0.206. The molecule has 0 bridgehead atoms. The molecule has 0 saturated heterocycles. The van der Waals surface area contributed by atoms with Gasteiger partial charge >= 0.3 is 5.97 Å². The number of ketones is 1. The van der Waals surface area contributed by atoms with Gasteiger partial charge in [-0.1, -0.05) is 55.8 Å². The average molecular weight is 324 g/mol. The Kier molecular flexibility index (Phi) is 6.74. The van der Waals surface area contributed by atoms with Gasteiger partial charge in [0.2, 0.25) is 0 Å². The lowest BCUT2D eigenvalue weighted by atomic mass is 9.86. The highest BCUT2D eigenvalue weighted by Crippen LogP contribution is 2.24. The Bertz CT molecular complexity index is 659. The molecule has 0 radical (unpaired) electrons. The van der Waals surface area contributed by atoms with Crippen LogP contribution in [0.2, 0.25) is 0 Å². The standard InChI is InChI=1S/C21H24O3/c1-3-4-10-20(22)19(17-8-6-5-7-9-17)15-16-11-13-18(14-12-16)21(23)24-2/h5-9,11-14,19H,3-4,10,15H2,1-2H3. The van der Waals surface area contributed by atoms with Crippen LogP contribution >= 0.6 is 0 Å². The van der Waals surface area contributed by atoms with Crippen LogP contribution in [-0.2, 0) is 16.0 Å². The fraction of sp³-hybridized carbons (Fsp3) is 0.333. The van der Waals surface area contributed by atoms with Crippen molar-refractivity contribution in [3.05, 3.63) is 71.3 Å². The number of unbranched alkanes of at least 4 members (excludes halogenated alkanes) is 1. The van der Waals surface area contributed by atoms with E-state index in [1.54, 1.807) is 12.1 Å². The minimum atomic E-state index is -0.347. The van der Waals surface area contributed by atoms with E-state index in [4.69, 9.17) is 4.74 Å². The maximum Gasteiger partial charge on any atom is 0.337 e. The number of carbonyl (C=O) groups is 2. The molecule has 0 aliphatic carbocycles. The number of esters is 1. The maximum atomic E-state index is 12.7. The monoisotopic (exact) mass is 324 g/mol. The number of hydrogen-bond acceptors (Lipinski definition) is 3. The topological polar surface area (TPSA) is 43.4 Å². The summed E-state index contributed by atoms with van der Waals surface area (Å²) in [4.78, 5) is 24.2. The molecule has 0 aliphatic heterocycles. The number of hydrogen-bond donors (Lipinski definition) is 0. The van der Waals surface area contributed by atoms with Gasteiger partial charge in [-0.25, -0.2) is 4.79 Å². The van der Waals surface area contributed by atoms with Crippen molar-refractivity contribution >= 4 is 11.8 Å². The molecule has 2 rings (SSSR count). The molecule has 3 heteroatoms. The first-order valence-electron chi connectivity index (χ1n) is 8.40. The molecular weight excluding hydrogens is 300 g/mol. The summed E-state index contributed by atoms with van der Waals surface area (Å²) >= 11 is 0. The zero-order chi connectivity index (χ0) is 17.4. The van der Waals surface area contributed by atoms with E-state index in [1.807, 2.05) is 42.5 Å².